The molecule has 3 atom stereocenters. The number of piperidine rings is 1. The van der Waals surface area contributed by atoms with Gasteiger partial charge in [0.1, 0.15) is 0 Å². The summed E-state index contributed by atoms with van der Waals surface area (Å²) in [4.78, 5) is 17.0. The van der Waals surface area contributed by atoms with Gasteiger partial charge in [-0.3, -0.25) is 4.79 Å². The van der Waals surface area contributed by atoms with Gasteiger partial charge in [0.2, 0.25) is 0 Å². The van der Waals surface area contributed by atoms with Crippen LogP contribution in [-0.4, -0.2) is 40.6 Å². The first kappa shape index (κ1) is 12.0. The van der Waals surface area contributed by atoms with Gasteiger partial charge in [-0.15, -0.1) is 0 Å². The molecule has 4 rings (SSSR count). The van der Waals surface area contributed by atoms with E-state index < -0.39 is 5.97 Å². The summed E-state index contributed by atoms with van der Waals surface area (Å²) in [6.07, 6.45) is 3.89. The van der Waals surface area contributed by atoms with Crippen molar-refractivity contribution >= 4 is 16.9 Å². The van der Waals surface area contributed by atoms with Gasteiger partial charge in [-0.05, 0) is 37.1 Å². The van der Waals surface area contributed by atoms with Gasteiger partial charge in [0.25, 0.3) is 0 Å². The predicted molar refractivity (Wildman–Crippen MR) is 76.9 cm³/mol. The highest BCUT2D eigenvalue weighted by Gasteiger charge is 2.41. The number of carboxylic acid groups (broad SMARTS) is 1. The molecule has 20 heavy (non-hydrogen) atoms. The van der Waals surface area contributed by atoms with Gasteiger partial charge in [-0.2, -0.15) is 0 Å². The van der Waals surface area contributed by atoms with Crippen LogP contribution >= 0.6 is 0 Å². The first-order valence-corrected chi connectivity index (χ1v) is 7.17. The fourth-order valence-corrected chi connectivity index (χ4v) is 4.12. The number of aromatic nitrogens is 1. The van der Waals surface area contributed by atoms with Crippen molar-refractivity contribution in [3.63, 3.8) is 0 Å². The summed E-state index contributed by atoms with van der Waals surface area (Å²) in [5, 5.41) is 10.7. The van der Waals surface area contributed by atoms with E-state index in [1.807, 2.05) is 0 Å². The van der Waals surface area contributed by atoms with E-state index in [1.54, 1.807) is 0 Å². The molecule has 0 spiro atoms. The SMILES string of the molecule is CN1C[C@@H](C(=O)O)CC2c3cccc4[nH]cc(c34)CC21. The molecule has 104 valence electrons. The molecule has 1 aromatic heterocycles. The molecule has 4 nitrogen and oxygen atoms in total. The van der Waals surface area contributed by atoms with Crippen LogP contribution in [0.25, 0.3) is 10.9 Å². The van der Waals surface area contributed by atoms with Crippen molar-refractivity contribution < 1.29 is 9.90 Å². The number of likely N-dealkylation sites (N-methyl/N-ethyl adjacent to an activating group) is 1. The van der Waals surface area contributed by atoms with Gasteiger partial charge in [-0.1, -0.05) is 12.1 Å². The second-order valence-corrected chi connectivity index (χ2v) is 6.17. The van der Waals surface area contributed by atoms with E-state index >= 15 is 0 Å². The largest absolute Gasteiger partial charge is 0.481 e. The molecule has 4 heteroatoms. The number of fused-ring (bicyclic) bond motifs is 2. The Bertz CT molecular complexity index is 691. The predicted octanol–water partition coefficient (Wildman–Crippen LogP) is 2.21. The smallest absolute Gasteiger partial charge is 0.307 e. The average molecular weight is 270 g/mol. The normalized spacial score (nSPS) is 29.4. The number of nitrogens with one attached hydrogen (secondary N) is 1. The lowest BCUT2D eigenvalue weighted by molar-refractivity contribution is -0.144. The summed E-state index contributed by atoms with van der Waals surface area (Å²) in [5.41, 5.74) is 3.88. The van der Waals surface area contributed by atoms with Crippen LogP contribution in [0.4, 0.5) is 0 Å². The Labute approximate surface area is 117 Å². The third-order valence-electron chi connectivity index (χ3n) is 5.07. The van der Waals surface area contributed by atoms with Crippen LogP contribution in [0.5, 0.6) is 0 Å². The van der Waals surface area contributed by atoms with Crippen LogP contribution in [0.3, 0.4) is 0 Å². The second kappa shape index (κ2) is 4.09. The number of H-pyrrole nitrogens is 1. The molecule has 0 saturated carbocycles. The summed E-state index contributed by atoms with van der Waals surface area (Å²) < 4.78 is 0. The average Bonchev–Trinajstić information content (AvgIpc) is 2.84. The third kappa shape index (κ3) is 1.54. The molecule has 2 heterocycles. The zero-order chi connectivity index (χ0) is 13.9. The first-order valence-electron chi connectivity index (χ1n) is 7.17. The third-order valence-corrected chi connectivity index (χ3v) is 5.07. The lowest BCUT2D eigenvalue weighted by atomic mass is 9.72. The molecule has 0 radical (unpaired) electrons. The molecule has 1 aromatic carbocycles. The van der Waals surface area contributed by atoms with Crippen LogP contribution in [0.2, 0.25) is 0 Å². The molecule has 1 aliphatic carbocycles. The highest BCUT2D eigenvalue weighted by Crippen LogP contribution is 2.44. The topological polar surface area (TPSA) is 56.3 Å². The quantitative estimate of drug-likeness (QED) is 0.835. The molecule has 1 fully saturated rings. The number of nitrogens with zero attached hydrogens (tertiary/aromatic N) is 1. The maximum absolute atomic E-state index is 11.4. The molecule has 0 bridgehead atoms. The van der Waals surface area contributed by atoms with E-state index in [2.05, 4.69) is 41.3 Å². The number of rotatable bonds is 1. The first-order chi connectivity index (χ1) is 9.65. The Hall–Kier alpha value is -1.81. The Kier molecular flexibility index (Phi) is 2.45. The number of hydrogen-bond donors (Lipinski definition) is 2. The van der Waals surface area contributed by atoms with Gasteiger partial charge >= 0.3 is 5.97 Å². The lowest BCUT2D eigenvalue weighted by Gasteiger charge is -2.44. The van der Waals surface area contributed by atoms with Crippen LogP contribution in [0, 0.1) is 5.92 Å². The molecule has 0 amide bonds. The molecule has 1 saturated heterocycles. The molecular formula is C16H18N2O2. The summed E-state index contributed by atoms with van der Waals surface area (Å²) >= 11 is 0. The molecule has 2 aromatic rings. The number of hydrogen-bond acceptors (Lipinski definition) is 2. The number of likely N-dealkylation sites (tertiary alicyclic amines) is 1. The number of carboxylic acids is 1. The Balaban J connectivity index is 1.85. The van der Waals surface area contributed by atoms with Gasteiger partial charge in [0, 0.05) is 35.6 Å². The molecule has 2 N–H and O–H groups in total. The zero-order valence-electron chi connectivity index (χ0n) is 11.5. The zero-order valence-corrected chi connectivity index (χ0v) is 11.5. The monoisotopic (exact) mass is 270 g/mol. The van der Waals surface area contributed by atoms with Crippen molar-refractivity contribution in [2.45, 2.75) is 24.8 Å². The van der Waals surface area contributed by atoms with E-state index in [0.717, 1.165) is 12.8 Å². The van der Waals surface area contributed by atoms with E-state index in [0.29, 0.717) is 18.5 Å². The van der Waals surface area contributed by atoms with Gasteiger partial charge in [-0.25, -0.2) is 0 Å². The minimum Gasteiger partial charge on any atom is -0.481 e. The van der Waals surface area contributed by atoms with Crippen molar-refractivity contribution in [3.8, 4) is 0 Å². The van der Waals surface area contributed by atoms with E-state index in [-0.39, 0.29) is 5.92 Å². The van der Waals surface area contributed by atoms with E-state index in [9.17, 15) is 9.90 Å². The molecular weight excluding hydrogens is 252 g/mol. The van der Waals surface area contributed by atoms with E-state index in [4.69, 9.17) is 0 Å². The number of aromatic amines is 1. The highest BCUT2D eigenvalue weighted by molar-refractivity contribution is 5.88. The van der Waals surface area contributed by atoms with Crippen molar-refractivity contribution in [3.05, 3.63) is 35.5 Å². The summed E-state index contributed by atoms with van der Waals surface area (Å²) in [6, 6.07) is 6.78. The van der Waals surface area contributed by atoms with E-state index in [1.165, 1.54) is 22.0 Å². The standard InChI is InChI=1S/C16H18N2O2/c1-18-8-10(16(19)20)5-12-11-3-2-4-13-15(11)9(7-17-13)6-14(12)18/h2-4,7,10,12,14,17H,5-6,8H2,1H3,(H,19,20)/t10-,12?,14?/m0/s1. The van der Waals surface area contributed by atoms with Crippen LogP contribution in [0.1, 0.15) is 23.5 Å². The van der Waals surface area contributed by atoms with Crippen molar-refractivity contribution in [1.29, 1.82) is 0 Å². The summed E-state index contributed by atoms with van der Waals surface area (Å²) in [5.74, 6) is -0.582. The molecule has 2 unspecified atom stereocenters. The minimum absolute atomic E-state index is 0.253. The van der Waals surface area contributed by atoms with Crippen LogP contribution in [-0.2, 0) is 11.2 Å². The van der Waals surface area contributed by atoms with Gasteiger partial charge < -0.3 is 15.0 Å². The number of carbonyl (C=O) groups is 1. The van der Waals surface area contributed by atoms with Crippen LogP contribution < -0.4 is 0 Å². The summed E-state index contributed by atoms with van der Waals surface area (Å²) in [7, 11) is 2.06. The van der Waals surface area contributed by atoms with Crippen LogP contribution in [0.15, 0.2) is 24.4 Å². The highest BCUT2D eigenvalue weighted by atomic mass is 16.4. The Morgan fingerprint density at radius 1 is 1.45 bits per heavy atom. The van der Waals surface area contributed by atoms with Crippen molar-refractivity contribution in [1.82, 2.24) is 9.88 Å². The minimum atomic E-state index is -0.664. The fourth-order valence-electron chi connectivity index (χ4n) is 4.12. The maximum atomic E-state index is 11.4. The summed E-state index contributed by atoms with van der Waals surface area (Å²) in [6.45, 7) is 0.659. The lowest BCUT2D eigenvalue weighted by Crippen LogP contribution is -2.49. The maximum Gasteiger partial charge on any atom is 0.307 e. The van der Waals surface area contributed by atoms with Crippen molar-refractivity contribution in [2.24, 2.45) is 5.92 Å². The second-order valence-electron chi connectivity index (χ2n) is 6.17. The van der Waals surface area contributed by atoms with Gasteiger partial charge in [0.05, 0.1) is 5.92 Å². The Morgan fingerprint density at radius 2 is 2.30 bits per heavy atom. The number of benzene rings is 1. The van der Waals surface area contributed by atoms with Gasteiger partial charge in [0.15, 0.2) is 0 Å². The fraction of sp³-hybridized carbons (Fsp3) is 0.438. The molecule has 1 aliphatic heterocycles. The Morgan fingerprint density at radius 3 is 3.10 bits per heavy atom. The molecule has 2 aliphatic rings. The number of aliphatic carboxylic acids is 1. The van der Waals surface area contributed by atoms with Crippen molar-refractivity contribution in [2.75, 3.05) is 13.6 Å².